The Kier molecular flexibility index (Phi) is 7.50. The molecule has 0 aromatic heterocycles. The molecule has 2 rings (SSSR count). The van der Waals surface area contributed by atoms with E-state index in [1.807, 2.05) is 0 Å². The molecule has 1 aromatic rings. The van der Waals surface area contributed by atoms with E-state index in [1.165, 1.54) is 6.07 Å². The number of rotatable bonds is 11. The van der Waals surface area contributed by atoms with Gasteiger partial charge in [0, 0.05) is 11.4 Å². The highest BCUT2D eigenvalue weighted by atomic mass is 79.9. The molecule has 1 aliphatic carbocycles. The number of halogens is 2. The van der Waals surface area contributed by atoms with Crippen LogP contribution in [0.25, 0.3) is 0 Å². The molecule has 1 aromatic carbocycles. The Morgan fingerprint density at radius 1 is 1.33 bits per heavy atom. The second-order valence-corrected chi connectivity index (χ2v) is 9.02. The molecular weight excluding hydrogens is 397 g/mol. The van der Waals surface area contributed by atoms with Crippen molar-refractivity contribution < 1.29 is 17.5 Å². The van der Waals surface area contributed by atoms with Gasteiger partial charge in [-0.3, -0.25) is 0 Å². The summed E-state index contributed by atoms with van der Waals surface area (Å²) in [5.74, 6) is 0.423. The molecule has 0 unspecified atom stereocenters. The standard InChI is InChI=1S/C17H25BrFNO3S/c1-13(20-24(21,22)10-4-2-3-9-18)15-7-8-16(19)17(11-15)23-12-14-5-6-14/h7-8,11,13-14,20H,2-6,9-10,12H2,1H3/t13-/m0/s1. The number of nitrogens with one attached hydrogen (secondary N) is 1. The summed E-state index contributed by atoms with van der Waals surface area (Å²) in [6.45, 7) is 2.28. The third-order valence-corrected chi connectivity index (χ3v) is 6.13. The van der Waals surface area contributed by atoms with E-state index >= 15 is 0 Å². The molecule has 0 amide bonds. The summed E-state index contributed by atoms with van der Waals surface area (Å²) in [5.41, 5.74) is 0.700. The van der Waals surface area contributed by atoms with Crippen LogP contribution in [0, 0.1) is 11.7 Å². The van der Waals surface area contributed by atoms with E-state index in [0.717, 1.165) is 31.0 Å². The highest BCUT2D eigenvalue weighted by Crippen LogP contribution is 2.31. The summed E-state index contributed by atoms with van der Waals surface area (Å²) in [7, 11) is -3.35. The first-order valence-electron chi connectivity index (χ1n) is 8.39. The van der Waals surface area contributed by atoms with E-state index < -0.39 is 21.9 Å². The van der Waals surface area contributed by atoms with Gasteiger partial charge in [0.05, 0.1) is 12.4 Å². The van der Waals surface area contributed by atoms with E-state index in [0.29, 0.717) is 24.5 Å². The zero-order valence-electron chi connectivity index (χ0n) is 13.9. The van der Waals surface area contributed by atoms with Crippen molar-refractivity contribution in [3.8, 4) is 5.75 Å². The first-order chi connectivity index (χ1) is 11.4. The van der Waals surface area contributed by atoms with Crippen LogP contribution in [0.2, 0.25) is 0 Å². The van der Waals surface area contributed by atoms with Crippen LogP contribution in [0.15, 0.2) is 18.2 Å². The molecule has 0 bridgehead atoms. The minimum absolute atomic E-state index is 0.108. The van der Waals surface area contributed by atoms with Gasteiger partial charge in [0.1, 0.15) is 0 Å². The average molecular weight is 422 g/mol. The molecule has 1 aliphatic rings. The SMILES string of the molecule is C[C@H](NS(=O)(=O)CCCCCBr)c1ccc(F)c(OCC2CC2)c1. The Morgan fingerprint density at radius 2 is 2.08 bits per heavy atom. The molecule has 1 saturated carbocycles. The second kappa shape index (κ2) is 9.15. The second-order valence-electron chi connectivity index (χ2n) is 6.35. The molecule has 7 heteroatoms. The van der Waals surface area contributed by atoms with E-state index in [2.05, 4.69) is 20.7 Å². The highest BCUT2D eigenvalue weighted by Gasteiger charge is 2.23. The van der Waals surface area contributed by atoms with Gasteiger partial charge in [-0.25, -0.2) is 17.5 Å². The predicted octanol–water partition coefficient (Wildman–Crippen LogP) is 4.16. The Hall–Kier alpha value is -0.660. The van der Waals surface area contributed by atoms with Gasteiger partial charge < -0.3 is 4.74 Å². The molecule has 4 nitrogen and oxygen atoms in total. The number of sulfonamides is 1. The van der Waals surface area contributed by atoms with Crippen molar-refractivity contribution in [2.24, 2.45) is 5.92 Å². The maximum absolute atomic E-state index is 13.8. The van der Waals surface area contributed by atoms with Crippen molar-refractivity contribution in [2.45, 2.75) is 45.1 Å². The van der Waals surface area contributed by atoms with Crippen LogP contribution < -0.4 is 9.46 Å². The molecular formula is C17H25BrFNO3S. The molecule has 0 heterocycles. The van der Waals surface area contributed by atoms with Gasteiger partial charge in [-0.2, -0.15) is 0 Å². The van der Waals surface area contributed by atoms with Gasteiger partial charge in [-0.15, -0.1) is 0 Å². The van der Waals surface area contributed by atoms with Crippen LogP contribution >= 0.6 is 15.9 Å². The van der Waals surface area contributed by atoms with Crippen LogP contribution in [-0.4, -0.2) is 26.1 Å². The van der Waals surface area contributed by atoms with Crippen molar-refractivity contribution in [1.82, 2.24) is 4.72 Å². The quantitative estimate of drug-likeness (QED) is 0.431. The van der Waals surface area contributed by atoms with E-state index in [1.54, 1.807) is 19.1 Å². The normalized spacial score (nSPS) is 16.1. The molecule has 0 spiro atoms. The Labute approximate surface area is 152 Å². The minimum atomic E-state index is -3.35. The van der Waals surface area contributed by atoms with Crippen LogP contribution in [0.3, 0.4) is 0 Å². The minimum Gasteiger partial charge on any atom is -0.490 e. The van der Waals surface area contributed by atoms with Gasteiger partial charge in [0.15, 0.2) is 11.6 Å². The lowest BCUT2D eigenvalue weighted by molar-refractivity contribution is 0.285. The largest absolute Gasteiger partial charge is 0.490 e. The van der Waals surface area contributed by atoms with Crippen molar-refractivity contribution in [3.05, 3.63) is 29.6 Å². The zero-order chi connectivity index (χ0) is 17.6. The molecule has 1 fully saturated rings. The first-order valence-corrected chi connectivity index (χ1v) is 11.2. The summed E-state index contributed by atoms with van der Waals surface area (Å²) in [5, 5.41) is 0.885. The lowest BCUT2D eigenvalue weighted by Gasteiger charge is -2.16. The molecule has 0 aliphatic heterocycles. The van der Waals surface area contributed by atoms with Gasteiger partial charge in [-0.05, 0) is 56.2 Å². The fourth-order valence-corrected chi connectivity index (χ4v) is 4.12. The maximum Gasteiger partial charge on any atom is 0.212 e. The molecule has 0 radical (unpaired) electrons. The number of hydrogen-bond donors (Lipinski definition) is 1. The van der Waals surface area contributed by atoms with Crippen LogP contribution in [-0.2, 0) is 10.0 Å². The topological polar surface area (TPSA) is 55.4 Å². The lowest BCUT2D eigenvalue weighted by atomic mass is 10.1. The summed E-state index contributed by atoms with van der Waals surface area (Å²) in [6.07, 6.45) is 4.73. The Morgan fingerprint density at radius 3 is 2.75 bits per heavy atom. The Bertz CT molecular complexity index is 635. The number of alkyl halides is 1. The fraction of sp³-hybridized carbons (Fsp3) is 0.647. The lowest BCUT2D eigenvalue weighted by Crippen LogP contribution is -2.29. The summed E-state index contributed by atoms with van der Waals surface area (Å²) in [6, 6.07) is 4.10. The maximum atomic E-state index is 13.8. The average Bonchev–Trinajstić information content (AvgIpc) is 3.34. The van der Waals surface area contributed by atoms with Crippen LogP contribution in [0.1, 0.15) is 50.6 Å². The van der Waals surface area contributed by atoms with Crippen LogP contribution in [0.4, 0.5) is 4.39 Å². The third-order valence-electron chi connectivity index (χ3n) is 4.03. The van der Waals surface area contributed by atoms with Crippen molar-refractivity contribution in [3.63, 3.8) is 0 Å². The highest BCUT2D eigenvalue weighted by molar-refractivity contribution is 9.09. The molecule has 24 heavy (non-hydrogen) atoms. The van der Waals surface area contributed by atoms with Gasteiger partial charge in [-0.1, -0.05) is 28.4 Å². The third kappa shape index (κ3) is 6.69. The first kappa shape index (κ1) is 19.7. The summed E-state index contributed by atoms with van der Waals surface area (Å²) < 4.78 is 46.2. The molecule has 1 N–H and O–H groups in total. The zero-order valence-corrected chi connectivity index (χ0v) is 16.3. The van der Waals surface area contributed by atoms with Crippen molar-refractivity contribution in [2.75, 3.05) is 17.7 Å². The van der Waals surface area contributed by atoms with Crippen molar-refractivity contribution >= 4 is 26.0 Å². The van der Waals surface area contributed by atoms with E-state index in [-0.39, 0.29) is 11.5 Å². The van der Waals surface area contributed by atoms with Gasteiger partial charge in [0.2, 0.25) is 10.0 Å². The van der Waals surface area contributed by atoms with Gasteiger partial charge >= 0.3 is 0 Å². The number of benzene rings is 1. The molecule has 0 saturated heterocycles. The molecule has 1 atom stereocenters. The summed E-state index contributed by atoms with van der Waals surface area (Å²) >= 11 is 3.33. The smallest absolute Gasteiger partial charge is 0.212 e. The summed E-state index contributed by atoms with van der Waals surface area (Å²) in [4.78, 5) is 0. The van der Waals surface area contributed by atoms with Gasteiger partial charge in [0.25, 0.3) is 0 Å². The number of ether oxygens (including phenoxy) is 1. The monoisotopic (exact) mass is 421 g/mol. The van der Waals surface area contributed by atoms with Crippen LogP contribution in [0.5, 0.6) is 5.75 Å². The number of hydrogen-bond acceptors (Lipinski definition) is 3. The predicted molar refractivity (Wildman–Crippen MR) is 97.6 cm³/mol. The van der Waals surface area contributed by atoms with E-state index in [4.69, 9.17) is 4.74 Å². The molecule has 136 valence electrons. The Balaban J connectivity index is 1.92. The van der Waals surface area contributed by atoms with E-state index in [9.17, 15) is 12.8 Å². The van der Waals surface area contributed by atoms with Crippen molar-refractivity contribution in [1.29, 1.82) is 0 Å². The number of unbranched alkanes of at least 4 members (excludes halogenated alkanes) is 2. The fourth-order valence-electron chi connectivity index (χ4n) is 2.35.